The van der Waals surface area contributed by atoms with Crippen LogP contribution in [0, 0.1) is 0 Å². The van der Waals surface area contributed by atoms with E-state index in [-0.39, 0.29) is 12.1 Å². The molecule has 2 atom stereocenters. The van der Waals surface area contributed by atoms with Gasteiger partial charge in [-0.1, -0.05) is 47.4 Å². The minimum Gasteiger partial charge on any atom is -0.374 e. The highest BCUT2D eigenvalue weighted by Crippen LogP contribution is 2.34. The van der Waals surface area contributed by atoms with E-state index in [0.29, 0.717) is 6.04 Å². The molecule has 0 spiro atoms. The van der Waals surface area contributed by atoms with Crippen LogP contribution in [0.25, 0.3) is 0 Å². The van der Waals surface area contributed by atoms with Crippen LogP contribution in [0.5, 0.6) is 0 Å². The van der Waals surface area contributed by atoms with Gasteiger partial charge in [0.05, 0.1) is 18.8 Å². The summed E-state index contributed by atoms with van der Waals surface area (Å²) >= 11 is 9.88. The average molecular weight is 362 g/mol. The molecule has 0 radical (unpaired) electrons. The van der Waals surface area contributed by atoms with Crippen LogP contribution >= 0.6 is 27.5 Å². The Morgan fingerprint density at radius 3 is 2.90 bits per heavy atom. The Hall–Kier alpha value is -0.130. The second kappa shape index (κ2) is 7.23. The van der Waals surface area contributed by atoms with Crippen molar-refractivity contribution >= 4 is 27.5 Å². The molecule has 1 saturated heterocycles. The van der Waals surface area contributed by atoms with Gasteiger partial charge < -0.3 is 10.1 Å². The van der Waals surface area contributed by atoms with E-state index in [1.807, 2.05) is 12.1 Å². The van der Waals surface area contributed by atoms with E-state index in [0.717, 1.165) is 34.8 Å². The first-order valence-electron chi connectivity index (χ1n) is 6.99. The third kappa shape index (κ3) is 3.95. The summed E-state index contributed by atoms with van der Waals surface area (Å²) in [5.41, 5.74) is 1.13. The maximum atomic E-state index is 6.42. The Morgan fingerprint density at radius 2 is 2.25 bits per heavy atom. The number of hydrogen-bond acceptors (Lipinski definition) is 3. The third-order valence-electron chi connectivity index (χ3n) is 3.61. The van der Waals surface area contributed by atoms with Gasteiger partial charge in [-0.25, -0.2) is 0 Å². The molecule has 3 nitrogen and oxygen atoms in total. The van der Waals surface area contributed by atoms with Crippen molar-refractivity contribution in [3.05, 3.63) is 33.3 Å². The SMILES string of the molecule is CC(C)NCC1OCCN(C)C1c1ccc(Br)cc1Cl. The van der Waals surface area contributed by atoms with Gasteiger partial charge >= 0.3 is 0 Å². The fraction of sp³-hybridized carbons (Fsp3) is 0.600. The molecule has 1 aromatic rings. The first-order valence-corrected chi connectivity index (χ1v) is 8.16. The summed E-state index contributed by atoms with van der Waals surface area (Å²) in [7, 11) is 2.13. The molecule has 2 rings (SSSR count). The van der Waals surface area contributed by atoms with Crippen molar-refractivity contribution in [2.45, 2.75) is 32.0 Å². The molecule has 0 aromatic heterocycles. The Kier molecular flexibility index (Phi) is 5.87. The van der Waals surface area contributed by atoms with E-state index < -0.39 is 0 Å². The molecular formula is C15H22BrClN2O. The van der Waals surface area contributed by atoms with Crippen LogP contribution < -0.4 is 5.32 Å². The number of ether oxygens (including phenoxy) is 1. The maximum Gasteiger partial charge on any atom is 0.0897 e. The van der Waals surface area contributed by atoms with Crippen molar-refractivity contribution in [2.24, 2.45) is 0 Å². The molecule has 20 heavy (non-hydrogen) atoms. The highest BCUT2D eigenvalue weighted by atomic mass is 79.9. The summed E-state index contributed by atoms with van der Waals surface area (Å²) in [4.78, 5) is 2.32. The van der Waals surface area contributed by atoms with Crippen LogP contribution in [-0.4, -0.2) is 43.8 Å². The number of morpholine rings is 1. The first-order chi connectivity index (χ1) is 9.49. The van der Waals surface area contributed by atoms with E-state index in [1.165, 1.54) is 0 Å². The molecule has 1 fully saturated rings. The fourth-order valence-corrected chi connectivity index (χ4v) is 3.35. The lowest BCUT2D eigenvalue weighted by atomic mass is 9.98. The molecule has 0 aliphatic carbocycles. The molecule has 0 saturated carbocycles. The normalized spacial score (nSPS) is 24.3. The van der Waals surface area contributed by atoms with Gasteiger partial charge in [-0.2, -0.15) is 0 Å². The summed E-state index contributed by atoms with van der Waals surface area (Å²) in [5.74, 6) is 0. The minimum absolute atomic E-state index is 0.120. The number of rotatable bonds is 4. The number of halogens is 2. The van der Waals surface area contributed by atoms with Crippen molar-refractivity contribution < 1.29 is 4.74 Å². The Balaban J connectivity index is 2.22. The first kappa shape index (κ1) is 16.2. The van der Waals surface area contributed by atoms with Crippen molar-refractivity contribution in [1.82, 2.24) is 10.2 Å². The van der Waals surface area contributed by atoms with Crippen molar-refractivity contribution in [1.29, 1.82) is 0 Å². The van der Waals surface area contributed by atoms with Crippen LogP contribution in [-0.2, 0) is 4.74 Å². The smallest absolute Gasteiger partial charge is 0.0897 e. The molecule has 5 heteroatoms. The van der Waals surface area contributed by atoms with Gasteiger partial charge in [-0.05, 0) is 24.7 Å². The Bertz CT molecular complexity index is 455. The van der Waals surface area contributed by atoms with Crippen molar-refractivity contribution in [3.8, 4) is 0 Å². The summed E-state index contributed by atoms with van der Waals surface area (Å²) in [6, 6.07) is 6.72. The van der Waals surface area contributed by atoms with Crippen molar-refractivity contribution in [2.75, 3.05) is 26.7 Å². The number of nitrogens with one attached hydrogen (secondary N) is 1. The van der Waals surface area contributed by atoms with Crippen molar-refractivity contribution in [3.63, 3.8) is 0 Å². The molecule has 1 aliphatic heterocycles. The molecule has 2 unspecified atom stereocenters. The predicted octanol–water partition coefficient (Wildman–Crippen LogP) is 3.47. The Labute approximate surface area is 134 Å². The van der Waals surface area contributed by atoms with E-state index in [4.69, 9.17) is 16.3 Å². The number of benzene rings is 1. The molecule has 1 heterocycles. The molecule has 0 amide bonds. The fourth-order valence-electron chi connectivity index (χ4n) is 2.56. The summed E-state index contributed by atoms with van der Waals surface area (Å²) < 4.78 is 6.98. The molecule has 1 N–H and O–H groups in total. The lowest BCUT2D eigenvalue weighted by molar-refractivity contribution is -0.0619. The zero-order valence-electron chi connectivity index (χ0n) is 12.2. The monoisotopic (exact) mass is 360 g/mol. The molecule has 0 bridgehead atoms. The van der Waals surface area contributed by atoms with Gasteiger partial charge in [0.15, 0.2) is 0 Å². The van der Waals surface area contributed by atoms with Gasteiger partial charge in [0.1, 0.15) is 0 Å². The van der Waals surface area contributed by atoms with Crippen LogP contribution in [0.2, 0.25) is 5.02 Å². The van der Waals surface area contributed by atoms with Gasteiger partial charge in [0.25, 0.3) is 0 Å². The number of hydrogen-bond donors (Lipinski definition) is 1. The third-order valence-corrected chi connectivity index (χ3v) is 4.43. The maximum absolute atomic E-state index is 6.42. The molecule has 1 aliphatic rings. The average Bonchev–Trinajstić information content (AvgIpc) is 2.37. The predicted molar refractivity (Wildman–Crippen MR) is 87.4 cm³/mol. The highest BCUT2D eigenvalue weighted by molar-refractivity contribution is 9.10. The second-order valence-electron chi connectivity index (χ2n) is 5.56. The summed E-state index contributed by atoms with van der Waals surface area (Å²) in [5, 5.41) is 4.25. The van der Waals surface area contributed by atoms with E-state index >= 15 is 0 Å². The minimum atomic E-state index is 0.120. The van der Waals surface area contributed by atoms with Crippen LogP contribution in [0.4, 0.5) is 0 Å². The standard InChI is InChI=1S/C15H22BrClN2O/c1-10(2)18-9-14-15(19(3)6-7-20-14)12-5-4-11(16)8-13(12)17/h4-5,8,10,14-15,18H,6-7,9H2,1-3H3. The van der Waals surface area contributed by atoms with E-state index in [2.05, 4.69) is 53.1 Å². The Morgan fingerprint density at radius 1 is 1.50 bits per heavy atom. The largest absolute Gasteiger partial charge is 0.374 e. The zero-order valence-corrected chi connectivity index (χ0v) is 14.5. The molecule has 112 valence electrons. The van der Waals surface area contributed by atoms with Gasteiger partial charge in [-0.3, -0.25) is 4.90 Å². The zero-order chi connectivity index (χ0) is 14.7. The topological polar surface area (TPSA) is 24.5 Å². The van der Waals surface area contributed by atoms with Gasteiger partial charge in [0, 0.05) is 28.6 Å². The van der Waals surface area contributed by atoms with Crippen LogP contribution in [0.3, 0.4) is 0 Å². The molecule has 1 aromatic carbocycles. The molecular weight excluding hydrogens is 340 g/mol. The lowest BCUT2D eigenvalue weighted by Crippen LogP contribution is -2.48. The highest BCUT2D eigenvalue weighted by Gasteiger charge is 2.32. The van der Waals surface area contributed by atoms with E-state index in [9.17, 15) is 0 Å². The van der Waals surface area contributed by atoms with Gasteiger partial charge in [-0.15, -0.1) is 0 Å². The van der Waals surface area contributed by atoms with Crippen LogP contribution in [0.15, 0.2) is 22.7 Å². The van der Waals surface area contributed by atoms with E-state index in [1.54, 1.807) is 0 Å². The quantitative estimate of drug-likeness (QED) is 0.888. The second-order valence-corrected chi connectivity index (χ2v) is 6.89. The van der Waals surface area contributed by atoms with Crippen LogP contribution in [0.1, 0.15) is 25.5 Å². The summed E-state index contributed by atoms with van der Waals surface area (Å²) in [6.45, 7) is 6.82. The number of likely N-dealkylation sites (N-methyl/N-ethyl adjacent to an activating group) is 1. The summed E-state index contributed by atoms with van der Waals surface area (Å²) in [6.07, 6.45) is 0.120. The van der Waals surface area contributed by atoms with Gasteiger partial charge in [0.2, 0.25) is 0 Å². The lowest BCUT2D eigenvalue weighted by Gasteiger charge is -2.40. The number of nitrogens with zero attached hydrogens (tertiary/aromatic N) is 1.